The third kappa shape index (κ3) is 7.87. The van der Waals surface area contributed by atoms with Crippen molar-refractivity contribution in [3.05, 3.63) is 187 Å². The van der Waals surface area contributed by atoms with Gasteiger partial charge in [-0.3, -0.25) is 4.57 Å². The van der Waals surface area contributed by atoms with E-state index in [-0.39, 0.29) is 49.5 Å². The molecule has 0 aliphatic carbocycles. The third-order valence-corrected chi connectivity index (χ3v) is 10.7. The molecule has 60 heavy (non-hydrogen) atoms. The molecule has 0 N–H and O–H groups in total. The molecule has 0 spiro atoms. The Morgan fingerprint density at radius 1 is 0.733 bits per heavy atom. The topological polar surface area (TPSA) is 35.9 Å². The molecule has 0 amide bonds. The number of rotatable bonds is 8. The zero-order chi connectivity index (χ0) is 47.0. The first-order chi connectivity index (χ1) is 31.2. The third-order valence-electron chi connectivity index (χ3n) is 10.7. The van der Waals surface area contributed by atoms with E-state index in [0.29, 0.717) is 39.8 Å². The molecular weight excluding hydrogens is 916 g/mol. The van der Waals surface area contributed by atoms with Crippen LogP contribution in [-0.4, -0.2) is 14.1 Å². The minimum atomic E-state index is -1.56. The number of para-hydroxylation sites is 2. The number of nitrogens with zero attached hydrogens (tertiary/aromatic N) is 4. The van der Waals surface area contributed by atoms with Gasteiger partial charge in [0.1, 0.15) is 5.82 Å². The van der Waals surface area contributed by atoms with E-state index < -0.39 is 24.5 Å². The van der Waals surface area contributed by atoms with Crippen LogP contribution in [0.3, 0.4) is 0 Å². The van der Waals surface area contributed by atoms with Crippen molar-refractivity contribution in [1.29, 1.82) is 0 Å². The Hall–Kier alpha value is -6.03. The Kier molecular flexibility index (Phi) is 8.85. The fourth-order valence-corrected chi connectivity index (χ4v) is 7.47. The number of ether oxygens (including phenoxy) is 1. The van der Waals surface area contributed by atoms with Gasteiger partial charge in [0.2, 0.25) is 0 Å². The summed E-state index contributed by atoms with van der Waals surface area (Å²) in [4.78, 5) is 4.65. The standard InChI is InChI=1S/C54H48N4O.Pt/c1-8-37-26-27-55-51(30-37)58-49-23-13-12-20-47(49)48-25-24-44(35-50(48)58)59-43-19-14-18-42(34-43)56-28-29-57(36-56)52-45(38-16-10-9-11-17-38)21-15-22-46(52)39-31-40(53(2,3)4)33-41(32-39)54(5,6)7;/h9-33H,8H2,1-7H3;/q-2;/i8D2,9D,10D,11D,16D,17D;. The molecule has 0 radical (unpaired) electrons. The van der Waals surface area contributed by atoms with Crippen molar-refractivity contribution in [2.75, 3.05) is 0 Å². The molecule has 0 aliphatic heterocycles. The molecule has 6 heteroatoms. The molecule has 0 atom stereocenters. The summed E-state index contributed by atoms with van der Waals surface area (Å²) in [5, 5.41) is 1.94. The van der Waals surface area contributed by atoms with E-state index in [9.17, 15) is 0 Å². The van der Waals surface area contributed by atoms with Gasteiger partial charge in [-0.25, -0.2) is 4.98 Å². The van der Waals surface area contributed by atoms with Crippen molar-refractivity contribution in [3.8, 4) is 50.9 Å². The number of aryl methyl sites for hydroxylation is 1. The van der Waals surface area contributed by atoms with Crippen molar-refractivity contribution in [1.82, 2.24) is 14.1 Å². The van der Waals surface area contributed by atoms with E-state index in [1.54, 1.807) is 33.5 Å². The largest absolute Gasteiger partial charge is 0.510 e. The van der Waals surface area contributed by atoms with Crippen molar-refractivity contribution in [3.63, 3.8) is 0 Å². The molecule has 6 aromatic carbocycles. The van der Waals surface area contributed by atoms with Gasteiger partial charge in [0.15, 0.2) is 0 Å². The fourth-order valence-electron chi connectivity index (χ4n) is 7.47. The first-order valence-corrected chi connectivity index (χ1v) is 19.7. The van der Waals surface area contributed by atoms with Crippen LogP contribution in [0, 0.1) is 18.5 Å². The second kappa shape index (κ2) is 16.2. The van der Waals surface area contributed by atoms with Gasteiger partial charge in [0.25, 0.3) is 6.33 Å². The summed E-state index contributed by atoms with van der Waals surface area (Å²) in [5.74, 6) is 1.43. The van der Waals surface area contributed by atoms with E-state index in [2.05, 4.69) is 83.2 Å². The van der Waals surface area contributed by atoms with E-state index in [4.69, 9.17) is 14.3 Å². The summed E-state index contributed by atoms with van der Waals surface area (Å²) < 4.78 is 72.2. The summed E-state index contributed by atoms with van der Waals surface area (Å²) in [7, 11) is 0. The molecule has 302 valence electrons. The fraction of sp³-hybridized carbons (Fsp3) is 0.185. The van der Waals surface area contributed by atoms with Gasteiger partial charge in [0, 0.05) is 59.4 Å². The smallest absolute Gasteiger partial charge is 0.267 e. The first-order valence-electron chi connectivity index (χ1n) is 23.2. The first kappa shape index (κ1) is 32.8. The number of hydrogen-bond acceptors (Lipinski definition) is 2. The Balaban J connectivity index is 0.00000608. The summed E-state index contributed by atoms with van der Waals surface area (Å²) in [5.41, 5.74) is 7.57. The van der Waals surface area contributed by atoms with Crippen molar-refractivity contribution < 1.29 is 40.0 Å². The average molecular weight is 971 g/mol. The molecule has 9 aromatic rings. The van der Waals surface area contributed by atoms with Gasteiger partial charge < -0.3 is 13.9 Å². The number of fused-ring (bicyclic) bond motifs is 3. The van der Waals surface area contributed by atoms with Crippen LogP contribution in [0.1, 0.15) is 74.8 Å². The molecular formula is C54H48N4OPt-2. The molecule has 3 aromatic heterocycles. The van der Waals surface area contributed by atoms with Crippen molar-refractivity contribution in [2.45, 2.75) is 65.7 Å². The van der Waals surface area contributed by atoms with Crippen LogP contribution in [0.25, 0.3) is 61.3 Å². The van der Waals surface area contributed by atoms with Crippen LogP contribution in [0.15, 0.2) is 152 Å². The molecule has 0 unspecified atom stereocenters. The average Bonchev–Trinajstić information content (AvgIpc) is 3.90. The normalized spacial score (nSPS) is 13.8. The van der Waals surface area contributed by atoms with Gasteiger partial charge in [-0.1, -0.05) is 139 Å². The Morgan fingerprint density at radius 3 is 2.17 bits per heavy atom. The second-order valence-electron chi connectivity index (χ2n) is 16.7. The minimum absolute atomic E-state index is 0. The number of aromatic nitrogens is 4. The van der Waals surface area contributed by atoms with E-state index in [0.717, 1.165) is 44.1 Å². The molecule has 0 saturated heterocycles. The number of benzene rings is 6. The van der Waals surface area contributed by atoms with Crippen LogP contribution in [0.2, 0.25) is 0 Å². The van der Waals surface area contributed by atoms with Crippen molar-refractivity contribution in [2.24, 2.45) is 0 Å². The zero-order valence-electron chi connectivity index (χ0n) is 41.6. The maximum atomic E-state index is 9.02. The molecule has 0 bridgehead atoms. The van der Waals surface area contributed by atoms with Gasteiger partial charge in [-0.2, -0.15) is 18.2 Å². The molecule has 0 aliphatic rings. The Labute approximate surface area is 378 Å². The number of pyridine rings is 1. The molecule has 0 fully saturated rings. The quantitative estimate of drug-likeness (QED) is 0.112. The summed E-state index contributed by atoms with van der Waals surface area (Å²) in [6, 6.07) is 38.1. The number of imidazole rings is 1. The van der Waals surface area contributed by atoms with E-state index in [1.807, 2.05) is 83.7 Å². The predicted molar refractivity (Wildman–Crippen MR) is 240 cm³/mol. The van der Waals surface area contributed by atoms with E-state index >= 15 is 0 Å². The Bertz CT molecular complexity index is 3320. The van der Waals surface area contributed by atoms with Crippen LogP contribution in [-0.2, 0) is 38.3 Å². The molecule has 9 rings (SSSR count). The van der Waals surface area contributed by atoms with Gasteiger partial charge in [-0.05, 0) is 85.4 Å². The maximum absolute atomic E-state index is 9.02. The van der Waals surface area contributed by atoms with Gasteiger partial charge in [0.05, 0.1) is 12.5 Å². The summed E-state index contributed by atoms with van der Waals surface area (Å²) in [6.45, 7) is 14.6. The van der Waals surface area contributed by atoms with Gasteiger partial charge >= 0.3 is 0 Å². The van der Waals surface area contributed by atoms with Crippen LogP contribution in [0.5, 0.6) is 11.5 Å². The number of hydrogen-bond donors (Lipinski definition) is 0. The molecule has 5 nitrogen and oxygen atoms in total. The molecule has 3 heterocycles. The SMILES string of the molecule is [2H]c1c([2H])c([2H])c(-c2cccc(-c3cc(C(C)(C)C)cc(C(C)(C)C)c3)c2-[n+]2[c-]n(-c3[c-]c(Oc4[c-]c5c(cc4)c4ccccc4n5-c4cc(C([2H])([2H])C)ccn4)ccc3)cc2)c([2H])c1[2H].[Pt]. The maximum Gasteiger partial charge on any atom is 0.267 e. The summed E-state index contributed by atoms with van der Waals surface area (Å²) in [6.07, 6.45) is 7.19. The van der Waals surface area contributed by atoms with Gasteiger partial charge in [-0.15, -0.1) is 29.7 Å². The Morgan fingerprint density at radius 2 is 1.43 bits per heavy atom. The molecule has 0 saturated carbocycles. The second-order valence-corrected chi connectivity index (χ2v) is 16.7. The van der Waals surface area contributed by atoms with Crippen LogP contribution >= 0.6 is 0 Å². The zero-order valence-corrected chi connectivity index (χ0v) is 36.8. The monoisotopic (exact) mass is 970 g/mol. The van der Waals surface area contributed by atoms with E-state index in [1.165, 1.54) is 6.92 Å². The van der Waals surface area contributed by atoms with Crippen LogP contribution in [0.4, 0.5) is 0 Å². The predicted octanol–water partition coefficient (Wildman–Crippen LogP) is 12.9. The summed E-state index contributed by atoms with van der Waals surface area (Å²) >= 11 is 0. The van der Waals surface area contributed by atoms with Crippen molar-refractivity contribution >= 4 is 21.8 Å². The van der Waals surface area contributed by atoms with Crippen LogP contribution < -0.4 is 9.30 Å². The minimum Gasteiger partial charge on any atom is -0.510 e.